The summed E-state index contributed by atoms with van der Waals surface area (Å²) in [4.78, 5) is 66.3. The van der Waals surface area contributed by atoms with Gasteiger partial charge in [-0.15, -0.1) is 0 Å². The molecular weight excluding hydrogens is 470 g/mol. The highest BCUT2D eigenvalue weighted by molar-refractivity contribution is 7.99. The minimum Gasteiger partial charge on any atom is -0.357 e. The highest BCUT2D eigenvalue weighted by atomic mass is 32.2. The molecule has 0 radical (unpaired) electrons. The van der Waals surface area contributed by atoms with Crippen LogP contribution in [0.2, 0.25) is 0 Å². The molecule has 0 saturated carbocycles. The number of imide groups is 1. The zero-order chi connectivity index (χ0) is 27.3. The second kappa shape index (κ2) is 12.1. The van der Waals surface area contributed by atoms with Crippen molar-refractivity contribution in [3.63, 3.8) is 0 Å². The van der Waals surface area contributed by atoms with Crippen LogP contribution in [-0.2, 0) is 19.2 Å². The van der Waals surface area contributed by atoms with Gasteiger partial charge in [-0.1, -0.05) is 34.6 Å². The van der Waals surface area contributed by atoms with Crippen molar-refractivity contribution in [1.29, 1.82) is 0 Å². The zero-order valence-corrected chi connectivity index (χ0v) is 23.6. The van der Waals surface area contributed by atoms with Crippen LogP contribution in [-0.4, -0.2) is 89.2 Å². The van der Waals surface area contributed by atoms with Crippen LogP contribution in [0.25, 0.3) is 0 Å². The van der Waals surface area contributed by atoms with E-state index in [1.165, 1.54) is 28.6 Å². The Morgan fingerprint density at radius 2 is 1.60 bits per heavy atom. The van der Waals surface area contributed by atoms with E-state index in [2.05, 4.69) is 16.0 Å². The molecule has 3 N–H and O–H groups in total. The fourth-order valence-electron chi connectivity index (χ4n) is 3.81. The first-order chi connectivity index (χ1) is 16.0. The standard InChI is InChI=1S/C24H43N5O5S/c1-14(2)13-15(18(30)27-17(20(32)25-8)23(3,4)5)26-19(31)16(35-10)11-12-29-21(33)24(6,7)28(9)22(29)34/h14-17H,11-13H2,1-10H3,(H,25,32)(H,26,31)(H,27,30). The fourth-order valence-corrected chi connectivity index (χ4v) is 4.43. The van der Waals surface area contributed by atoms with Crippen molar-refractivity contribution < 1.29 is 24.0 Å². The molecule has 200 valence electrons. The van der Waals surface area contributed by atoms with Crippen LogP contribution in [0.5, 0.6) is 0 Å². The van der Waals surface area contributed by atoms with Gasteiger partial charge < -0.3 is 20.9 Å². The summed E-state index contributed by atoms with van der Waals surface area (Å²) >= 11 is 1.29. The van der Waals surface area contributed by atoms with E-state index in [0.717, 1.165) is 0 Å². The molecule has 1 aliphatic heterocycles. The van der Waals surface area contributed by atoms with E-state index in [4.69, 9.17) is 0 Å². The lowest BCUT2D eigenvalue weighted by Crippen LogP contribution is -2.58. The summed E-state index contributed by atoms with van der Waals surface area (Å²) in [6.45, 7) is 12.9. The Morgan fingerprint density at radius 3 is 2.00 bits per heavy atom. The lowest BCUT2D eigenvalue weighted by molar-refractivity contribution is -0.134. The van der Waals surface area contributed by atoms with Crippen LogP contribution in [0.15, 0.2) is 0 Å². The largest absolute Gasteiger partial charge is 0.357 e. The Hall–Kier alpha value is -2.30. The van der Waals surface area contributed by atoms with Gasteiger partial charge in [-0.2, -0.15) is 11.8 Å². The van der Waals surface area contributed by atoms with Crippen molar-refractivity contribution in [3.8, 4) is 0 Å². The number of hydrogen-bond donors (Lipinski definition) is 3. The third-order valence-electron chi connectivity index (χ3n) is 6.32. The topological polar surface area (TPSA) is 128 Å². The van der Waals surface area contributed by atoms with Crippen molar-refractivity contribution in [1.82, 2.24) is 25.8 Å². The Bertz CT molecular complexity index is 824. The van der Waals surface area contributed by atoms with Gasteiger partial charge in [0.1, 0.15) is 17.6 Å². The predicted octanol–water partition coefficient (Wildman–Crippen LogP) is 1.59. The van der Waals surface area contributed by atoms with E-state index in [9.17, 15) is 24.0 Å². The molecule has 0 bridgehead atoms. The minimum absolute atomic E-state index is 0.105. The van der Waals surface area contributed by atoms with Crippen LogP contribution in [0, 0.1) is 11.3 Å². The molecule has 1 heterocycles. The molecule has 6 amide bonds. The van der Waals surface area contributed by atoms with E-state index < -0.39 is 34.2 Å². The molecular formula is C24H43N5O5S. The number of nitrogens with one attached hydrogen (secondary N) is 3. The molecule has 0 aromatic carbocycles. The number of nitrogens with zero attached hydrogens (tertiary/aromatic N) is 2. The molecule has 0 spiro atoms. The van der Waals surface area contributed by atoms with E-state index in [1.54, 1.807) is 27.2 Å². The van der Waals surface area contributed by atoms with Crippen molar-refractivity contribution in [2.75, 3.05) is 26.9 Å². The number of hydrogen-bond acceptors (Lipinski definition) is 6. The van der Waals surface area contributed by atoms with Crippen molar-refractivity contribution in [2.45, 2.75) is 84.2 Å². The monoisotopic (exact) mass is 513 g/mol. The molecule has 10 nitrogen and oxygen atoms in total. The second-order valence-electron chi connectivity index (χ2n) is 11.0. The molecule has 3 unspecified atom stereocenters. The van der Waals surface area contributed by atoms with Crippen molar-refractivity contribution >= 4 is 41.4 Å². The van der Waals surface area contributed by atoms with E-state index >= 15 is 0 Å². The van der Waals surface area contributed by atoms with Crippen molar-refractivity contribution in [2.24, 2.45) is 11.3 Å². The third-order valence-corrected chi connectivity index (χ3v) is 7.34. The smallest absolute Gasteiger partial charge is 0.327 e. The lowest BCUT2D eigenvalue weighted by atomic mass is 9.85. The molecule has 11 heteroatoms. The summed E-state index contributed by atoms with van der Waals surface area (Å²) in [5, 5.41) is 7.65. The maximum absolute atomic E-state index is 13.1. The molecule has 0 aromatic heterocycles. The highest BCUT2D eigenvalue weighted by Gasteiger charge is 2.49. The SMILES string of the molecule is CNC(=O)C(NC(=O)C(CC(C)C)NC(=O)C(CCN1C(=O)N(C)C(C)(C)C1=O)SC)C(C)(C)C. The molecule has 0 aliphatic carbocycles. The number of urea groups is 1. The summed E-state index contributed by atoms with van der Waals surface area (Å²) < 4.78 is 0. The maximum Gasteiger partial charge on any atom is 0.327 e. The Balaban J connectivity index is 2.95. The summed E-state index contributed by atoms with van der Waals surface area (Å²) in [7, 11) is 3.09. The minimum atomic E-state index is -0.928. The summed E-state index contributed by atoms with van der Waals surface area (Å²) in [5.41, 5.74) is -1.46. The summed E-state index contributed by atoms with van der Waals surface area (Å²) in [6.07, 6.45) is 2.42. The summed E-state index contributed by atoms with van der Waals surface area (Å²) in [6, 6.07) is -1.98. The quantitative estimate of drug-likeness (QED) is 0.360. The van der Waals surface area contributed by atoms with Crippen LogP contribution < -0.4 is 16.0 Å². The second-order valence-corrected chi connectivity index (χ2v) is 12.0. The van der Waals surface area contributed by atoms with Gasteiger partial charge in [0.2, 0.25) is 17.7 Å². The van der Waals surface area contributed by atoms with Crippen LogP contribution >= 0.6 is 11.8 Å². The molecule has 0 aromatic rings. The Morgan fingerprint density at radius 1 is 1.03 bits per heavy atom. The van der Waals surface area contributed by atoms with Gasteiger partial charge in [-0.3, -0.25) is 24.1 Å². The molecule has 35 heavy (non-hydrogen) atoms. The first-order valence-electron chi connectivity index (χ1n) is 11.9. The normalized spacial score (nSPS) is 18.4. The molecule has 1 fully saturated rings. The van der Waals surface area contributed by atoms with Gasteiger partial charge in [0.25, 0.3) is 5.91 Å². The van der Waals surface area contributed by atoms with Gasteiger partial charge >= 0.3 is 6.03 Å². The maximum atomic E-state index is 13.1. The predicted molar refractivity (Wildman–Crippen MR) is 138 cm³/mol. The zero-order valence-electron chi connectivity index (χ0n) is 22.8. The third kappa shape index (κ3) is 7.59. The van der Waals surface area contributed by atoms with E-state index in [-0.39, 0.29) is 42.6 Å². The Labute approximate surface area is 213 Å². The highest BCUT2D eigenvalue weighted by Crippen LogP contribution is 2.27. The van der Waals surface area contributed by atoms with Gasteiger partial charge in [-0.25, -0.2) is 4.79 Å². The Kier molecular flexibility index (Phi) is 10.6. The van der Waals surface area contributed by atoms with Gasteiger partial charge in [0, 0.05) is 20.6 Å². The first kappa shape index (κ1) is 30.7. The van der Waals surface area contributed by atoms with Gasteiger partial charge in [-0.05, 0) is 44.3 Å². The van der Waals surface area contributed by atoms with E-state index in [1.807, 2.05) is 34.6 Å². The lowest BCUT2D eigenvalue weighted by Gasteiger charge is -2.32. The molecule has 3 atom stereocenters. The van der Waals surface area contributed by atoms with Crippen LogP contribution in [0.1, 0.15) is 61.3 Å². The first-order valence-corrected chi connectivity index (χ1v) is 13.2. The number of carbonyl (C=O) groups is 5. The number of thioether (sulfide) groups is 1. The average molecular weight is 514 g/mol. The number of likely N-dealkylation sites (N-methyl/N-ethyl adjacent to an activating group) is 2. The molecule has 1 saturated heterocycles. The van der Waals surface area contributed by atoms with Crippen LogP contribution in [0.3, 0.4) is 0 Å². The molecule has 1 aliphatic rings. The van der Waals surface area contributed by atoms with Crippen molar-refractivity contribution in [3.05, 3.63) is 0 Å². The number of rotatable bonds is 11. The molecule has 1 rings (SSSR count). The summed E-state index contributed by atoms with van der Waals surface area (Å²) in [5.74, 6) is -1.27. The number of carbonyl (C=O) groups excluding carboxylic acids is 5. The average Bonchev–Trinajstić information content (AvgIpc) is 2.89. The fraction of sp³-hybridized carbons (Fsp3) is 0.792. The van der Waals surface area contributed by atoms with E-state index in [0.29, 0.717) is 6.42 Å². The van der Waals surface area contributed by atoms with Gasteiger partial charge in [0.15, 0.2) is 0 Å². The number of amides is 6. The van der Waals surface area contributed by atoms with Crippen LogP contribution in [0.4, 0.5) is 4.79 Å². The van der Waals surface area contributed by atoms with Gasteiger partial charge in [0.05, 0.1) is 5.25 Å².